The minimum absolute atomic E-state index is 0.274. The summed E-state index contributed by atoms with van der Waals surface area (Å²) in [7, 11) is -0.433. The van der Waals surface area contributed by atoms with E-state index in [0.29, 0.717) is 6.61 Å². The SMILES string of the molecule is COP(=O)(OC)C(C)OC1CCCO1. The van der Waals surface area contributed by atoms with Gasteiger partial charge in [0.1, 0.15) is 0 Å². The third-order valence-electron chi connectivity index (χ3n) is 2.19. The van der Waals surface area contributed by atoms with Gasteiger partial charge in [-0.3, -0.25) is 4.57 Å². The second kappa shape index (κ2) is 5.24. The molecule has 0 radical (unpaired) electrons. The highest BCUT2D eigenvalue weighted by Crippen LogP contribution is 2.52. The molecule has 1 heterocycles. The maximum Gasteiger partial charge on any atom is 0.358 e. The fourth-order valence-corrected chi connectivity index (χ4v) is 2.35. The number of hydrogen-bond donors (Lipinski definition) is 0. The molecule has 0 aromatic heterocycles. The Kier molecular flexibility index (Phi) is 4.54. The molecule has 0 bridgehead atoms. The molecule has 2 unspecified atom stereocenters. The summed E-state index contributed by atoms with van der Waals surface area (Å²) in [4.78, 5) is 0. The van der Waals surface area contributed by atoms with Crippen molar-refractivity contribution in [3.63, 3.8) is 0 Å². The zero-order chi connectivity index (χ0) is 10.6. The molecule has 1 saturated heterocycles. The van der Waals surface area contributed by atoms with E-state index in [1.807, 2.05) is 0 Å². The van der Waals surface area contributed by atoms with E-state index in [4.69, 9.17) is 18.5 Å². The predicted octanol–water partition coefficient (Wildman–Crippen LogP) is 1.97. The molecule has 0 aliphatic carbocycles. The molecule has 0 spiro atoms. The lowest BCUT2D eigenvalue weighted by atomic mass is 10.4. The second-order valence-corrected chi connectivity index (χ2v) is 5.62. The van der Waals surface area contributed by atoms with E-state index >= 15 is 0 Å². The molecule has 1 fully saturated rings. The zero-order valence-corrected chi connectivity index (χ0v) is 9.66. The zero-order valence-electron chi connectivity index (χ0n) is 8.76. The Hall–Kier alpha value is 0.0700. The van der Waals surface area contributed by atoms with E-state index in [1.54, 1.807) is 6.92 Å². The Morgan fingerprint density at radius 2 is 2.07 bits per heavy atom. The van der Waals surface area contributed by atoms with Crippen LogP contribution in [0.2, 0.25) is 0 Å². The van der Waals surface area contributed by atoms with Crippen LogP contribution in [0.25, 0.3) is 0 Å². The molecule has 0 aromatic rings. The van der Waals surface area contributed by atoms with Crippen molar-refractivity contribution in [3.8, 4) is 0 Å². The first kappa shape index (κ1) is 12.1. The van der Waals surface area contributed by atoms with Crippen molar-refractivity contribution in [1.82, 2.24) is 0 Å². The Morgan fingerprint density at radius 1 is 1.43 bits per heavy atom. The van der Waals surface area contributed by atoms with Crippen molar-refractivity contribution in [2.24, 2.45) is 0 Å². The van der Waals surface area contributed by atoms with Crippen LogP contribution in [0.1, 0.15) is 19.8 Å². The van der Waals surface area contributed by atoms with E-state index in [-0.39, 0.29) is 6.29 Å². The van der Waals surface area contributed by atoms with E-state index in [1.165, 1.54) is 14.2 Å². The normalized spacial score (nSPS) is 25.2. The molecule has 1 rings (SSSR count). The standard InChI is InChI=1S/C8H17O5P/c1-7(14(9,10-2)11-3)13-8-5-4-6-12-8/h7-8H,4-6H2,1-3H3. The number of ether oxygens (including phenoxy) is 2. The summed E-state index contributed by atoms with van der Waals surface area (Å²) < 4.78 is 32.1. The highest BCUT2D eigenvalue weighted by atomic mass is 31.2. The number of hydrogen-bond acceptors (Lipinski definition) is 5. The van der Waals surface area contributed by atoms with E-state index < -0.39 is 13.4 Å². The topological polar surface area (TPSA) is 54.0 Å². The third-order valence-corrected chi connectivity index (χ3v) is 4.22. The Morgan fingerprint density at radius 3 is 2.50 bits per heavy atom. The van der Waals surface area contributed by atoms with Gasteiger partial charge in [-0.1, -0.05) is 0 Å². The average molecular weight is 224 g/mol. The van der Waals surface area contributed by atoms with Crippen LogP contribution in [0.5, 0.6) is 0 Å². The van der Waals surface area contributed by atoms with Gasteiger partial charge in [0.05, 0.1) is 0 Å². The molecule has 0 saturated carbocycles. The minimum Gasteiger partial charge on any atom is -0.353 e. The first-order valence-electron chi connectivity index (χ1n) is 4.60. The fourth-order valence-electron chi connectivity index (χ4n) is 1.32. The van der Waals surface area contributed by atoms with Crippen molar-refractivity contribution in [3.05, 3.63) is 0 Å². The Labute approximate surface area is 84.2 Å². The Balaban J connectivity index is 2.46. The van der Waals surface area contributed by atoms with Crippen LogP contribution in [0.3, 0.4) is 0 Å². The summed E-state index contributed by atoms with van der Waals surface area (Å²) in [5.74, 6) is -0.597. The Bertz CT molecular complexity index is 206. The van der Waals surface area contributed by atoms with Crippen molar-refractivity contribution in [2.45, 2.75) is 31.9 Å². The third kappa shape index (κ3) is 2.78. The highest BCUT2D eigenvalue weighted by Gasteiger charge is 2.34. The molecule has 84 valence electrons. The molecule has 0 N–H and O–H groups in total. The van der Waals surface area contributed by atoms with Crippen molar-refractivity contribution < 1.29 is 23.1 Å². The quantitative estimate of drug-likeness (QED) is 0.668. The first-order chi connectivity index (χ1) is 6.62. The molecule has 5 nitrogen and oxygen atoms in total. The van der Waals surface area contributed by atoms with Gasteiger partial charge in [0.25, 0.3) is 0 Å². The van der Waals surface area contributed by atoms with Crippen molar-refractivity contribution in [1.29, 1.82) is 0 Å². The molecular formula is C8H17O5P. The van der Waals surface area contributed by atoms with Crippen LogP contribution >= 0.6 is 7.60 Å². The summed E-state index contributed by atoms with van der Waals surface area (Å²) in [6.45, 7) is 2.36. The van der Waals surface area contributed by atoms with Gasteiger partial charge in [-0.2, -0.15) is 0 Å². The summed E-state index contributed by atoms with van der Waals surface area (Å²) in [6, 6.07) is 0. The maximum absolute atomic E-state index is 11.8. The summed E-state index contributed by atoms with van der Waals surface area (Å²) in [6.07, 6.45) is 1.53. The van der Waals surface area contributed by atoms with Gasteiger partial charge in [0.15, 0.2) is 12.1 Å². The highest BCUT2D eigenvalue weighted by molar-refractivity contribution is 7.54. The van der Waals surface area contributed by atoms with Crippen molar-refractivity contribution >= 4 is 7.60 Å². The van der Waals surface area contributed by atoms with Gasteiger partial charge in [-0.15, -0.1) is 0 Å². The van der Waals surface area contributed by atoms with Crippen LogP contribution in [-0.2, 0) is 23.1 Å². The van der Waals surface area contributed by atoms with Gasteiger partial charge in [0.2, 0.25) is 0 Å². The molecule has 14 heavy (non-hydrogen) atoms. The van der Waals surface area contributed by atoms with Gasteiger partial charge in [-0.25, -0.2) is 0 Å². The van der Waals surface area contributed by atoms with Gasteiger partial charge < -0.3 is 18.5 Å². The van der Waals surface area contributed by atoms with E-state index in [0.717, 1.165) is 12.8 Å². The summed E-state index contributed by atoms with van der Waals surface area (Å²) in [5.41, 5.74) is 0. The molecule has 1 aliphatic rings. The summed E-state index contributed by atoms with van der Waals surface area (Å²) >= 11 is 0. The fraction of sp³-hybridized carbons (Fsp3) is 1.00. The van der Waals surface area contributed by atoms with Crippen LogP contribution in [0.15, 0.2) is 0 Å². The molecule has 2 atom stereocenters. The lowest BCUT2D eigenvalue weighted by molar-refractivity contribution is -0.123. The lowest BCUT2D eigenvalue weighted by Gasteiger charge is -2.23. The summed E-state index contributed by atoms with van der Waals surface area (Å²) in [5, 5.41) is 0. The van der Waals surface area contributed by atoms with Crippen LogP contribution in [-0.4, -0.2) is 33.0 Å². The van der Waals surface area contributed by atoms with Crippen LogP contribution in [0, 0.1) is 0 Å². The molecule has 0 aromatic carbocycles. The van der Waals surface area contributed by atoms with Gasteiger partial charge in [0, 0.05) is 27.2 Å². The minimum atomic E-state index is -3.13. The molecule has 1 aliphatic heterocycles. The molecule has 6 heteroatoms. The van der Waals surface area contributed by atoms with E-state index in [9.17, 15) is 4.57 Å². The smallest absolute Gasteiger partial charge is 0.353 e. The monoisotopic (exact) mass is 224 g/mol. The van der Waals surface area contributed by atoms with Crippen LogP contribution < -0.4 is 0 Å². The van der Waals surface area contributed by atoms with Crippen molar-refractivity contribution in [2.75, 3.05) is 20.8 Å². The molecular weight excluding hydrogens is 207 g/mol. The van der Waals surface area contributed by atoms with Crippen LogP contribution in [0.4, 0.5) is 0 Å². The maximum atomic E-state index is 11.8. The first-order valence-corrected chi connectivity index (χ1v) is 6.22. The van der Waals surface area contributed by atoms with Gasteiger partial charge >= 0.3 is 7.60 Å². The lowest BCUT2D eigenvalue weighted by Crippen LogP contribution is -2.20. The largest absolute Gasteiger partial charge is 0.358 e. The second-order valence-electron chi connectivity index (χ2n) is 3.08. The molecule has 0 amide bonds. The number of rotatable bonds is 5. The average Bonchev–Trinajstić information content (AvgIpc) is 2.69. The predicted molar refractivity (Wildman–Crippen MR) is 51.1 cm³/mol. The van der Waals surface area contributed by atoms with Gasteiger partial charge in [-0.05, 0) is 13.3 Å². The van der Waals surface area contributed by atoms with E-state index in [2.05, 4.69) is 0 Å².